The molecule has 0 spiro atoms. The summed E-state index contributed by atoms with van der Waals surface area (Å²) in [5.74, 6) is -1.12. The fourth-order valence-corrected chi connectivity index (χ4v) is 3.90. The molecule has 0 fully saturated rings. The van der Waals surface area contributed by atoms with Crippen LogP contribution in [0.25, 0.3) is 0 Å². The Hall–Kier alpha value is -2.87. The van der Waals surface area contributed by atoms with Crippen molar-refractivity contribution in [2.75, 3.05) is 11.3 Å². The van der Waals surface area contributed by atoms with Crippen LogP contribution in [0.15, 0.2) is 47.4 Å². The minimum Gasteiger partial charge on any atom is -0.449 e. The summed E-state index contributed by atoms with van der Waals surface area (Å²) in [7, 11) is -3.82. The van der Waals surface area contributed by atoms with Crippen molar-refractivity contribution in [2.45, 2.75) is 38.7 Å². The maximum absolute atomic E-state index is 12.7. The number of nitrogens with one attached hydrogen (secondary N) is 2. The second-order valence-electron chi connectivity index (χ2n) is 6.40. The van der Waals surface area contributed by atoms with Crippen LogP contribution in [0.2, 0.25) is 0 Å². The Morgan fingerprint density at radius 3 is 2.50 bits per heavy atom. The second-order valence-corrected chi connectivity index (χ2v) is 8.05. The summed E-state index contributed by atoms with van der Waals surface area (Å²) >= 11 is 0. The van der Waals surface area contributed by atoms with E-state index < -0.39 is 28.0 Å². The number of benzene rings is 2. The lowest BCUT2D eigenvalue weighted by Crippen LogP contribution is -2.35. The van der Waals surface area contributed by atoms with E-state index in [1.165, 1.54) is 31.2 Å². The number of carbonyl (C=O) groups is 2. The van der Waals surface area contributed by atoms with Crippen molar-refractivity contribution < 1.29 is 22.7 Å². The van der Waals surface area contributed by atoms with Gasteiger partial charge in [0.25, 0.3) is 15.9 Å². The number of hydrogen-bond acceptors (Lipinski definition) is 5. The summed E-state index contributed by atoms with van der Waals surface area (Å²) in [4.78, 5) is 24.1. The Morgan fingerprint density at radius 1 is 1.11 bits per heavy atom. The quantitative estimate of drug-likeness (QED) is 0.691. The van der Waals surface area contributed by atoms with Gasteiger partial charge < -0.3 is 10.1 Å². The molecule has 0 radical (unpaired) electrons. The lowest BCUT2D eigenvalue weighted by molar-refractivity contribution is -0.128. The predicted molar refractivity (Wildman–Crippen MR) is 107 cm³/mol. The Labute approximate surface area is 165 Å². The average molecular weight is 404 g/mol. The van der Waals surface area contributed by atoms with Gasteiger partial charge in [0.05, 0.1) is 10.5 Å². The third-order valence-electron chi connectivity index (χ3n) is 3.99. The average Bonchev–Trinajstić information content (AvgIpc) is 2.63. The Kier molecular flexibility index (Phi) is 6.80. The smallest absolute Gasteiger partial charge is 0.338 e. The summed E-state index contributed by atoms with van der Waals surface area (Å²) < 4.78 is 33.0. The normalized spacial score (nSPS) is 12.1. The summed E-state index contributed by atoms with van der Waals surface area (Å²) in [5.41, 5.74) is 1.80. The van der Waals surface area contributed by atoms with E-state index in [1.807, 2.05) is 13.0 Å². The maximum Gasteiger partial charge on any atom is 0.338 e. The number of rotatable bonds is 7. The van der Waals surface area contributed by atoms with E-state index in [0.717, 1.165) is 5.56 Å². The fraction of sp³-hybridized carbons (Fsp3) is 0.300. The number of aryl methyl sites for hydroxylation is 2. The van der Waals surface area contributed by atoms with Gasteiger partial charge in [0.2, 0.25) is 0 Å². The molecule has 0 aromatic heterocycles. The largest absolute Gasteiger partial charge is 0.449 e. The van der Waals surface area contributed by atoms with Gasteiger partial charge in [0.1, 0.15) is 0 Å². The van der Waals surface area contributed by atoms with E-state index in [-0.39, 0.29) is 16.1 Å². The van der Waals surface area contributed by atoms with Gasteiger partial charge in [-0.15, -0.1) is 0 Å². The standard InChI is InChI=1S/C20H24N2O5S/c1-5-21-19(23)15(4)27-20(24)16-7-6-8-17(12-16)22-28(25,26)18-11-13(2)9-10-14(18)3/h6-12,15,22H,5H2,1-4H3,(H,21,23)/t15-/m0/s1. The monoisotopic (exact) mass is 404 g/mol. The number of esters is 1. The van der Waals surface area contributed by atoms with E-state index in [0.29, 0.717) is 12.1 Å². The molecule has 0 aliphatic rings. The molecule has 2 rings (SSSR count). The first-order valence-electron chi connectivity index (χ1n) is 8.83. The van der Waals surface area contributed by atoms with Gasteiger partial charge in [-0.2, -0.15) is 0 Å². The zero-order valence-electron chi connectivity index (χ0n) is 16.3. The van der Waals surface area contributed by atoms with Crippen LogP contribution in [0, 0.1) is 13.8 Å². The van der Waals surface area contributed by atoms with Crippen LogP contribution in [-0.2, 0) is 19.6 Å². The molecule has 150 valence electrons. The molecule has 0 saturated heterocycles. The molecule has 0 unspecified atom stereocenters. The maximum atomic E-state index is 12.7. The van der Waals surface area contributed by atoms with E-state index in [2.05, 4.69) is 10.0 Å². The minimum atomic E-state index is -3.82. The molecule has 1 atom stereocenters. The predicted octanol–water partition coefficient (Wildman–Crippen LogP) is 2.79. The molecule has 0 aliphatic heterocycles. The molecule has 2 N–H and O–H groups in total. The van der Waals surface area contributed by atoms with Crippen LogP contribution in [0.5, 0.6) is 0 Å². The van der Waals surface area contributed by atoms with E-state index in [9.17, 15) is 18.0 Å². The Morgan fingerprint density at radius 2 is 1.82 bits per heavy atom. The number of carbonyl (C=O) groups excluding carboxylic acids is 2. The molecule has 7 nitrogen and oxygen atoms in total. The zero-order chi connectivity index (χ0) is 20.9. The molecule has 0 aliphatic carbocycles. The molecular weight excluding hydrogens is 380 g/mol. The third-order valence-corrected chi connectivity index (χ3v) is 5.51. The highest BCUT2D eigenvalue weighted by Gasteiger charge is 2.20. The van der Waals surface area contributed by atoms with Crippen molar-refractivity contribution in [1.29, 1.82) is 0 Å². The summed E-state index contributed by atoms with van der Waals surface area (Å²) in [6.45, 7) is 7.18. The molecule has 0 bridgehead atoms. The van der Waals surface area contributed by atoms with Gasteiger partial charge >= 0.3 is 5.97 Å². The number of anilines is 1. The number of amides is 1. The number of sulfonamides is 1. The van der Waals surface area contributed by atoms with Crippen molar-refractivity contribution >= 4 is 27.6 Å². The Balaban J connectivity index is 2.20. The van der Waals surface area contributed by atoms with Crippen molar-refractivity contribution in [3.05, 3.63) is 59.2 Å². The highest BCUT2D eigenvalue weighted by Crippen LogP contribution is 2.21. The van der Waals surface area contributed by atoms with Crippen LogP contribution >= 0.6 is 0 Å². The van der Waals surface area contributed by atoms with E-state index in [1.54, 1.807) is 26.0 Å². The first-order valence-corrected chi connectivity index (χ1v) is 10.3. The highest BCUT2D eigenvalue weighted by atomic mass is 32.2. The van der Waals surface area contributed by atoms with Crippen molar-refractivity contribution in [3.8, 4) is 0 Å². The molecule has 2 aromatic rings. The fourth-order valence-electron chi connectivity index (χ4n) is 2.52. The van der Waals surface area contributed by atoms with E-state index in [4.69, 9.17) is 4.74 Å². The van der Waals surface area contributed by atoms with Gasteiger partial charge in [-0.05, 0) is 63.1 Å². The van der Waals surface area contributed by atoms with E-state index >= 15 is 0 Å². The molecule has 1 amide bonds. The van der Waals surface area contributed by atoms with Gasteiger partial charge in [-0.1, -0.05) is 18.2 Å². The molecule has 0 saturated carbocycles. The molecule has 0 heterocycles. The lowest BCUT2D eigenvalue weighted by Gasteiger charge is -2.14. The second kappa shape index (κ2) is 8.88. The van der Waals surface area contributed by atoms with Gasteiger partial charge in [-0.3, -0.25) is 9.52 Å². The topological polar surface area (TPSA) is 102 Å². The summed E-state index contributed by atoms with van der Waals surface area (Å²) in [6, 6.07) is 11.1. The van der Waals surface area contributed by atoms with Gasteiger partial charge in [0.15, 0.2) is 6.10 Å². The van der Waals surface area contributed by atoms with Crippen molar-refractivity contribution in [1.82, 2.24) is 5.32 Å². The highest BCUT2D eigenvalue weighted by molar-refractivity contribution is 7.92. The van der Waals surface area contributed by atoms with Crippen molar-refractivity contribution in [2.24, 2.45) is 0 Å². The van der Waals surface area contributed by atoms with Crippen molar-refractivity contribution in [3.63, 3.8) is 0 Å². The lowest BCUT2D eigenvalue weighted by atomic mass is 10.2. The minimum absolute atomic E-state index is 0.136. The van der Waals surface area contributed by atoms with Crippen LogP contribution < -0.4 is 10.0 Å². The van der Waals surface area contributed by atoms with Crippen LogP contribution in [0.3, 0.4) is 0 Å². The first kappa shape index (κ1) is 21.4. The van der Waals surface area contributed by atoms with Gasteiger partial charge in [-0.25, -0.2) is 13.2 Å². The number of likely N-dealkylation sites (N-methyl/N-ethyl adjacent to an activating group) is 1. The Bertz CT molecular complexity index is 986. The van der Waals surface area contributed by atoms with Crippen LogP contribution in [0.1, 0.15) is 35.3 Å². The zero-order valence-corrected chi connectivity index (χ0v) is 17.1. The molecule has 2 aromatic carbocycles. The molecule has 8 heteroatoms. The van der Waals surface area contributed by atoms with Gasteiger partial charge in [0, 0.05) is 12.2 Å². The summed E-state index contributed by atoms with van der Waals surface area (Å²) in [6.07, 6.45) is -0.956. The number of hydrogen-bond donors (Lipinski definition) is 2. The number of ether oxygens (including phenoxy) is 1. The summed E-state index contributed by atoms with van der Waals surface area (Å²) in [5, 5.41) is 2.56. The third kappa shape index (κ3) is 5.32. The SMILES string of the molecule is CCNC(=O)[C@H](C)OC(=O)c1cccc(NS(=O)(=O)c2cc(C)ccc2C)c1. The molecular formula is C20H24N2O5S. The first-order chi connectivity index (χ1) is 13.1. The van der Waals surface area contributed by atoms with Crippen LogP contribution in [-0.4, -0.2) is 32.9 Å². The van der Waals surface area contributed by atoms with Crippen LogP contribution in [0.4, 0.5) is 5.69 Å². The molecule has 28 heavy (non-hydrogen) atoms.